The van der Waals surface area contributed by atoms with Crippen LogP contribution in [0, 0.1) is 6.92 Å². The molecule has 4 aromatic rings. The Kier molecular flexibility index (Phi) is 8.40. The van der Waals surface area contributed by atoms with Gasteiger partial charge in [-0.25, -0.2) is 9.78 Å². The molecule has 4 rings (SSSR count). The molecule has 186 valence electrons. The van der Waals surface area contributed by atoms with Gasteiger partial charge in [0.25, 0.3) is 5.78 Å². The maximum absolute atomic E-state index is 13.1. The highest BCUT2D eigenvalue weighted by molar-refractivity contribution is 7.11. The summed E-state index contributed by atoms with van der Waals surface area (Å²) in [6, 6.07) is 14.1. The van der Waals surface area contributed by atoms with Crippen molar-refractivity contribution in [1.29, 1.82) is 0 Å². The lowest BCUT2D eigenvalue weighted by atomic mass is 10.1. The lowest BCUT2D eigenvalue weighted by Crippen LogP contribution is -2.29. The highest BCUT2D eigenvalue weighted by Crippen LogP contribution is 2.26. The van der Waals surface area contributed by atoms with Gasteiger partial charge in [0, 0.05) is 48.7 Å². The number of thiazole rings is 1. The number of ether oxygens (including phenoxy) is 1. The summed E-state index contributed by atoms with van der Waals surface area (Å²) in [5.74, 6) is 0.0573. The van der Waals surface area contributed by atoms with Gasteiger partial charge in [-0.3, -0.25) is 9.69 Å². The predicted octanol–water partition coefficient (Wildman–Crippen LogP) is 3.65. The molecule has 0 fully saturated rings. The Hall–Kier alpha value is -3.63. The van der Waals surface area contributed by atoms with Crippen molar-refractivity contribution in [3.8, 4) is 5.75 Å². The number of aromatic nitrogens is 1. The molecule has 0 atom stereocenters. The monoisotopic (exact) mass is 506 g/mol. The summed E-state index contributed by atoms with van der Waals surface area (Å²) in [5.41, 5.74) is 2.36. The summed E-state index contributed by atoms with van der Waals surface area (Å²) >= 11 is 1.22. The van der Waals surface area contributed by atoms with Crippen molar-refractivity contribution in [1.82, 2.24) is 9.88 Å². The lowest BCUT2D eigenvalue weighted by Gasteiger charge is -2.20. The Bertz CT molecular complexity index is 1400. The standard InChI is InChI=1S/C27H26N2O6S/c1-18-2-4-19(5-3-18)14-24(26(33)27-28-8-13-36-27)34-21-6-7-22-20(15-25(32)35-23(22)16-21)17-29(9-11-30)10-12-31/h2-8,13-16,30-31H,9-12,17H2,1H3/b24-14-. The maximum atomic E-state index is 13.1. The van der Waals surface area contributed by atoms with Gasteiger partial charge in [-0.1, -0.05) is 29.8 Å². The van der Waals surface area contributed by atoms with Crippen molar-refractivity contribution in [3.63, 3.8) is 0 Å². The fourth-order valence-electron chi connectivity index (χ4n) is 3.72. The number of benzene rings is 2. The molecule has 0 unspecified atom stereocenters. The number of ketones is 1. The van der Waals surface area contributed by atoms with Crippen LogP contribution in [0.25, 0.3) is 17.0 Å². The summed E-state index contributed by atoms with van der Waals surface area (Å²) in [7, 11) is 0. The summed E-state index contributed by atoms with van der Waals surface area (Å²) in [6.45, 7) is 2.91. The van der Waals surface area contributed by atoms with Crippen molar-refractivity contribution in [3.05, 3.63) is 98.0 Å². The molecular formula is C27H26N2O6S. The predicted molar refractivity (Wildman–Crippen MR) is 138 cm³/mol. The van der Waals surface area contributed by atoms with Gasteiger partial charge in [0.2, 0.25) is 0 Å². The number of nitrogens with zero attached hydrogens (tertiary/aromatic N) is 2. The molecule has 2 N–H and O–H groups in total. The summed E-state index contributed by atoms with van der Waals surface area (Å²) < 4.78 is 11.4. The topological polar surface area (TPSA) is 113 Å². The number of aliphatic hydroxyl groups excluding tert-OH is 2. The van der Waals surface area contributed by atoms with Gasteiger partial charge < -0.3 is 19.4 Å². The van der Waals surface area contributed by atoms with Crippen molar-refractivity contribution in [2.24, 2.45) is 0 Å². The second-order valence-corrected chi connectivity index (χ2v) is 9.05. The zero-order chi connectivity index (χ0) is 25.5. The summed E-state index contributed by atoms with van der Waals surface area (Å²) in [6.07, 6.45) is 3.21. The molecule has 0 saturated carbocycles. The minimum atomic E-state index is -0.531. The van der Waals surface area contributed by atoms with Crippen LogP contribution >= 0.6 is 11.3 Å². The third-order valence-corrected chi connectivity index (χ3v) is 6.25. The number of hydrogen-bond donors (Lipinski definition) is 2. The third-order valence-electron chi connectivity index (χ3n) is 5.48. The van der Waals surface area contributed by atoms with E-state index in [0.29, 0.717) is 46.9 Å². The van der Waals surface area contributed by atoms with Crippen molar-refractivity contribution < 1.29 is 24.2 Å². The van der Waals surface area contributed by atoms with E-state index in [-0.39, 0.29) is 24.8 Å². The largest absolute Gasteiger partial charge is 0.453 e. The van der Waals surface area contributed by atoms with Gasteiger partial charge in [-0.15, -0.1) is 11.3 Å². The van der Waals surface area contributed by atoms with Crippen LogP contribution < -0.4 is 10.4 Å². The fraction of sp³-hybridized carbons (Fsp3) is 0.222. The van der Waals surface area contributed by atoms with E-state index in [0.717, 1.165) is 11.1 Å². The van der Waals surface area contributed by atoms with Crippen LogP contribution in [0.1, 0.15) is 26.5 Å². The third kappa shape index (κ3) is 6.32. The first-order chi connectivity index (χ1) is 17.5. The smallest absolute Gasteiger partial charge is 0.336 e. The number of fused-ring (bicyclic) bond motifs is 1. The van der Waals surface area contributed by atoms with Crippen LogP contribution in [0.2, 0.25) is 0 Å². The van der Waals surface area contributed by atoms with Crippen molar-refractivity contribution >= 4 is 34.2 Å². The molecule has 2 aromatic carbocycles. The normalized spacial score (nSPS) is 11.8. The van der Waals surface area contributed by atoms with Gasteiger partial charge in [0.1, 0.15) is 11.3 Å². The van der Waals surface area contributed by atoms with Crippen molar-refractivity contribution in [2.75, 3.05) is 26.3 Å². The molecule has 8 nitrogen and oxygen atoms in total. The average molecular weight is 507 g/mol. The Morgan fingerprint density at radius 2 is 1.86 bits per heavy atom. The van der Waals surface area contributed by atoms with Crippen molar-refractivity contribution in [2.45, 2.75) is 13.5 Å². The van der Waals surface area contributed by atoms with Gasteiger partial charge in [-0.05, 0) is 36.3 Å². The van der Waals surface area contributed by atoms with E-state index in [4.69, 9.17) is 9.15 Å². The van der Waals surface area contributed by atoms with E-state index >= 15 is 0 Å². The van der Waals surface area contributed by atoms with Gasteiger partial charge in [-0.2, -0.15) is 0 Å². The molecule has 9 heteroatoms. The second-order valence-electron chi connectivity index (χ2n) is 8.16. The summed E-state index contributed by atoms with van der Waals surface area (Å²) in [4.78, 5) is 31.4. The van der Waals surface area contributed by atoms with Crippen LogP contribution in [0.15, 0.2) is 75.1 Å². The number of Topliss-reactive ketones (excluding diaryl/α,β-unsaturated/α-hetero) is 1. The zero-order valence-corrected chi connectivity index (χ0v) is 20.5. The number of rotatable bonds is 11. The molecule has 0 radical (unpaired) electrons. The van der Waals surface area contributed by atoms with E-state index in [1.807, 2.05) is 36.1 Å². The van der Waals surface area contributed by atoms with Gasteiger partial charge >= 0.3 is 5.63 Å². The molecule has 36 heavy (non-hydrogen) atoms. The number of carbonyl (C=O) groups is 1. The highest BCUT2D eigenvalue weighted by Gasteiger charge is 2.19. The first kappa shape index (κ1) is 25.5. The van der Waals surface area contributed by atoms with E-state index in [9.17, 15) is 19.8 Å². The Morgan fingerprint density at radius 1 is 1.11 bits per heavy atom. The van der Waals surface area contributed by atoms with Crippen LogP contribution in [-0.4, -0.2) is 52.2 Å². The zero-order valence-electron chi connectivity index (χ0n) is 19.7. The Balaban J connectivity index is 1.69. The first-order valence-corrected chi connectivity index (χ1v) is 12.3. The van der Waals surface area contributed by atoms with Gasteiger partial charge in [0.15, 0.2) is 10.8 Å². The number of allylic oxidation sites excluding steroid dienone is 1. The molecule has 2 heterocycles. The molecule has 0 saturated heterocycles. The fourth-order valence-corrected chi connectivity index (χ4v) is 4.30. The molecule has 0 amide bonds. The lowest BCUT2D eigenvalue weighted by molar-refractivity contribution is 0.0988. The van der Waals surface area contributed by atoms with Crippen LogP contribution in [-0.2, 0) is 6.54 Å². The molecule has 0 aliphatic carbocycles. The number of carbonyl (C=O) groups excluding carboxylic acids is 1. The highest BCUT2D eigenvalue weighted by atomic mass is 32.1. The minimum absolute atomic E-state index is 0.0689. The SMILES string of the molecule is Cc1ccc(/C=C(\Oc2ccc3c(CN(CCO)CCO)cc(=O)oc3c2)C(=O)c2nccs2)cc1. The van der Waals surface area contributed by atoms with Gasteiger partial charge in [0.05, 0.1) is 13.2 Å². The first-order valence-electron chi connectivity index (χ1n) is 11.4. The minimum Gasteiger partial charge on any atom is -0.453 e. The number of aryl methyl sites for hydroxylation is 1. The van der Waals surface area contributed by atoms with E-state index < -0.39 is 5.63 Å². The van der Waals surface area contributed by atoms with Crippen LogP contribution in [0.3, 0.4) is 0 Å². The maximum Gasteiger partial charge on any atom is 0.336 e. The molecule has 2 aromatic heterocycles. The average Bonchev–Trinajstić information content (AvgIpc) is 3.40. The Morgan fingerprint density at radius 3 is 2.53 bits per heavy atom. The number of aliphatic hydroxyl groups is 2. The molecule has 0 bridgehead atoms. The van der Waals surface area contributed by atoms with Crippen LogP contribution in [0.4, 0.5) is 0 Å². The molecule has 0 aliphatic heterocycles. The molecular weight excluding hydrogens is 480 g/mol. The molecule has 0 aliphatic rings. The van der Waals surface area contributed by atoms with E-state index in [1.54, 1.807) is 35.9 Å². The van der Waals surface area contributed by atoms with E-state index in [1.165, 1.54) is 17.4 Å². The second kappa shape index (κ2) is 11.9. The van der Waals surface area contributed by atoms with E-state index in [2.05, 4.69) is 4.98 Å². The number of hydrogen-bond acceptors (Lipinski definition) is 9. The summed E-state index contributed by atoms with van der Waals surface area (Å²) in [5, 5.41) is 21.3. The Labute approximate surface area is 211 Å². The quantitative estimate of drug-likeness (QED) is 0.137. The van der Waals surface area contributed by atoms with Crippen LogP contribution in [0.5, 0.6) is 5.75 Å². The molecule has 0 spiro atoms.